The van der Waals surface area contributed by atoms with Crippen LogP contribution in [-0.2, 0) is 4.79 Å². The molecule has 0 saturated carbocycles. The maximum absolute atomic E-state index is 13.2. The van der Waals surface area contributed by atoms with Crippen LogP contribution in [0.3, 0.4) is 0 Å². The zero-order valence-corrected chi connectivity index (χ0v) is 21.1. The smallest absolute Gasteiger partial charge is 0.322 e. The fraction of sp³-hybridized carbons (Fsp3) is 0.320. The lowest BCUT2D eigenvalue weighted by Gasteiger charge is -2.26. The van der Waals surface area contributed by atoms with Gasteiger partial charge in [0.1, 0.15) is 6.54 Å². The van der Waals surface area contributed by atoms with Crippen molar-refractivity contribution in [1.82, 2.24) is 20.2 Å². The minimum absolute atomic E-state index is 0.225. The third-order valence-corrected chi connectivity index (χ3v) is 6.56. The molecule has 1 aromatic heterocycles. The van der Waals surface area contributed by atoms with Crippen LogP contribution in [0.4, 0.5) is 5.69 Å². The summed E-state index contributed by atoms with van der Waals surface area (Å²) >= 11 is 12.8. The Bertz CT molecular complexity index is 1270. The predicted molar refractivity (Wildman–Crippen MR) is 138 cm³/mol. The number of nitrogens with one attached hydrogen (secondary N) is 2. The Kier molecular flexibility index (Phi) is 7.64. The molecule has 0 unspecified atom stereocenters. The van der Waals surface area contributed by atoms with Crippen molar-refractivity contribution in [3.8, 4) is 16.9 Å². The number of piperidine rings is 1. The average Bonchev–Trinajstić information content (AvgIpc) is 3.15. The average molecular weight is 516 g/mol. The highest BCUT2D eigenvalue weighted by Crippen LogP contribution is 2.36. The lowest BCUT2D eigenvalue weighted by molar-refractivity contribution is -0.134. The monoisotopic (exact) mass is 515 g/mol. The summed E-state index contributed by atoms with van der Waals surface area (Å²) in [5, 5.41) is 19.4. The van der Waals surface area contributed by atoms with Gasteiger partial charge in [-0.2, -0.15) is 5.10 Å². The van der Waals surface area contributed by atoms with E-state index in [0.717, 1.165) is 43.6 Å². The summed E-state index contributed by atoms with van der Waals surface area (Å²) in [6, 6.07) is 10.7. The van der Waals surface area contributed by atoms with Crippen LogP contribution in [0.2, 0.25) is 10.0 Å². The molecule has 0 spiro atoms. The maximum Gasteiger partial charge on any atom is 0.322 e. The number of carboxylic acid groups (broad SMARTS) is 1. The number of carbonyl (C=O) groups is 2. The zero-order chi connectivity index (χ0) is 25.1. The lowest BCUT2D eigenvalue weighted by Crippen LogP contribution is -2.45. The van der Waals surface area contributed by atoms with Crippen molar-refractivity contribution in [1.29, 1.82) is 0 Å². The summed E-state index contributed by atoms with van der Waals surface area (Å²) in [4.78, 5) is 24.1. The third-order valence-electron chi connectivity index (χ3n) is 6.01. The van der Waals surface area contributed by atoms with Crippen LogP contribution in [0, 0.1) is 13.8 Å². The molecule has 184 valence electrons. The van der Waals surface area contributed by atoms with E-state index in [9.17, 15) is 9.59 Å². The van der Waals surface area contributed by atoms with E-state index in [1.807, 2.05) is 31.0 Å². The van der Waals surface area contributed by atoms with Crippen LogP contribution < -0.4 is 10.7 Å². The van der Waals surface area contributed by atoms with Gasteiger partial charge in [-0.05, 0) is 68.7 Å². The van der Waals surface area contributed by atoms with Crippen LogP contribution >= 0.6 is 23.2 Å². The van der Waals surface area contributed by atoms with Crippen molar-refractivity contribution < 1.29 is 14.7 Å². The molecule has 1 aliphatic rings. The molecule has 1 aliphatic heterocycles. The first-order valence-corrected chi connectivity index (χ1v) is 12.2. The summed E-state index contributed by atoms with van der Waals surface area (Å²) in [5.41, 5.74) is 7.57. The number of hydrogen-bond donors (Lipinski definition) is 3. The van der Waals surface area contributed by atoms with Gasteiger partial charge in [0, 0.05) is 34.9 Å². The summed E-state index contributed by atoms with van der Waals surface area (Å²) < 4.78 is 1.72. The molecule has 2 aromatic carbocycles. The summed E-state index contributed by atoms with van der Waals surface area (Å²) in [7, 11) is 0. The van der Waals surface area contributed by atoms with E-state index in [2.05, 4.69) is 10.7 Å². The SMILES string of the molecule is Cc1cc(Cl)ccc1-n1nc(C(=O)NN2CCCCC2)c(C)c1-c1ccc(NCC(=O)O)cc1Cl. The van der Waals surface area contributed by atoms with Crippen molar-refractivity contribution in [2.75, 3.05) is 25.0 Å². The molecular formula is C25H27Cl2N5O3. The highest BCUT2D eigenvalue weighted by atomic mass is 35.5. The molecule has 8 nitrogen and oxygen atoms in total. The Morgan fingerprint density at radius 1 is 1.06 bits per heavy atom. The molecule has 2 heterocycles. The summed E-state index contributed by atoms with van der Waals surface area (Å²) in [5.74, 6) is -1.24. The van der Waals surface area contributed by atoms with Gasteiger partial charge in [-0.3, -0.25) is 15.0 Å². The van der Waals surface area contributed by atoms with Crippen LogP contribution in [0.1, 0.15) is 40.9 Å². The van der Waals surface area contributed by atoms with Crippen molar-refractivity contribution in [3.63, 3.8) is 0 Å². The predicted octanol–water partition coefficient (Wildman–Crippen LogP) is 5.09. The van der Waals surface area contributed by atoms with Gasteiger partial charge >= 0.3 is 5.97 Å². The second kappa shape index (κ2) is 10.7. The van der Waals surface area contributed by atoms with Gasteiger partial charge in [0.15, 0.2) is 5.69 Å². The largest absolute Gasteiger partial charge is 0.480 e. The first kappa shape index (κ1) is 25.0. The number of benzene rings is 2. The Morgan fingerprint density at radius 3 is 2.46 bits per heavy atom. The molecule has 0 atom stereocenters. The molecule has 0 radical (unpaired) electrons. The van der Waals surface area contributed by atoms with Crippen molar-refractivity contribution in [2.24, 2.45) is 0 Å². The van der Waals surface area contributed by atoms with Crippen molar-refractivity contribution in [2.45, 2.75) is 33.1 Å². The molecular weight excluding hydrogens is 489 g/mol. The Labute approximate surface area is 213 Å². The van der Waals surface area contributed by atoms with Crippen LogP contribution in [-0.4, -0.2) is 51.4 Å². The Morgan fingerprint density at radius 2 is 1.80 bits per heavy atom. The lowest BCUT2D eigenvalue weighted by atomic mass is 10.0. The highest BCUT2D eigenvalue weighted by Gasteiger charge is 2.25. The van der Waals surface area contributed by atoms with E-state index >= 15 is 0 Å². The van der Waals surface area contributed by atoms with Crippen LogP contribution in [0.25, 0.3) is 16.9 Å². The van der Waals surface area contributed by atoms with E-state index in [0.29, 0.717) is 38.2 Å². The van der Waals surface area contributed by atoms with E-state index in [4.69, 9.17) is 33.4 Å². The number of nitrogens with zero attached hydrogens (tertiary/aromatic N) is 3. The molecule has 35 heavy (non-hydrogen) atoms. The minimum Gasteiger partial charge on any atom is -0.480 e. The number of carboxylic acids is 1. The Hall–Kier alpha value is -3.07. The van der Waals surface area contributed by atoms with E-state index in [1.165, 1.54) is 0 Å². The molecule has 1 fully saturated rings. The van der Waals surface area contributed by atoms with Gasteiger partial charge in [0.25, 0.3) is 5.91 Å². The van der Waals surface area contributed by atoms with Gasteiger partial charge in [-0.1, -0.05) is 29.6 Å². The molecule has 3 N–H and O–H groups in total. The van der Waals surface area contributed by atoms with E-state index in [-0.39, 0.29) is 12.5 Å². The molecule has 0 bridgehead atoms. The number of hydrazine groups is 1. The fourth-order valence-corrected chi connectivity index (χ4v) is 4.75. The normalized spacial score (nSPS) is 14.1. The quantitative estimate of drug-likeness (QED) is 0.405. The number of halogens is 2. The fourth-order valence-electron chi connectivity index (χ4n) is 4.26. The second-order valence-corrected chi connectivity index (χ2v) is 9.44. The van der Waals surface area contributed by atoms with Crippen molar-refractivity contribution >= 4 is 40.8 Å². The van der Waals surface area contributed by atoms with Crippen molar-refractivity contribution in [3.05, 3.63) is 63.3 Å². The van der Waals surface area contributed by atoms with Gasteiger partial charge in [0.05, 0.1) is 16.4 Å². The number of carbonyl (C=O) groups excluding carboxylic acids is 1. The molecule has 4 rings (SSSR count). The van der Waals surface area contributed by atoms with Gasteiger partial charge < -0.3 is 10.4 Å². The zero-order valence-electron chi connectivity index (χ0n) is 19.6. The first-order valence-electron chi connectivity index (χ1n) is 11.4. The van der Waals surface area contributed by atoms with Gasteiger partial charge in [-0.25, -0.2) is 9.69 Å². The number of anilines is 1. The molecule has 1 saturated heterocycles. The standard InChI is InChI=1S/C25H27Cl2N5O3/c1-15-12-17(26)6-9-21(15)32-24(19-8-7-18(13-20(19)27)28-14-22(33)34)16(2)23(29-32)25(35)30-31-10-4-3-5-11-31/h6-9,12-13,28H,3-5,10-11,14H2,1-2H3,(H,30,35)(H,33,34). The first-order chi connectivity index (χ1) is 16.7. The summed E-state index contributed by atoms with van der Waals surface area (Å²) in [6.45, 7) is 5.17. The topological polar surface area (TPSA) is 99.5 Å². The van der Waals surface area contributed by atoms with Gasteiger partial charge in [0.2, 0.25) is 0 Å². The second-order valence-electron chi connectivity index (χ2n) is 8.60. The number of amides is 1. The minimum atomic E-state index is -0.971. The van der Waals surface area contributed by atoms with Gasteiger partial charge in [-0.15, -0.1) is 0 Å². The Balaban J connectivity index is 1.79. The maximum atomic E-state index is 13.2. The third kappa shape index (κ3) is 5.61. The van der Waals surface area contributed by atoms with E-state index < -0.39 is 5.97 Å². The van der Waals surface area contributed by atoms with Crippen LogP contribution in [0.5, 0.6) is 0 Å². The molecule has 3 aromatic rings. The number of rotatable bonds is 7. The van der Waals surface area contributed by atoms with Crippen LogP contribution in [0.15, 0.2) is 36.4 Å². The highest BCUT2D eigenvalue weighted by molar-refractivity contribution is 6.33. The number of aromatic nitrogens is 2. The summed E-state index contributed by atoms with van der Waals surface area (Å²) in [6.07, 6.45) is 3.25. The number of aliphatic carboxylic acids is 1. The number of hydrogen-bond acceptors (Lipinski definition) is 5. The molecule has 0 aliphatic carbocycles. The molecule has 10 heteroatoms. The number of aryl methyl sites for hydroxylation is 1. The van der Waals surface area contributed by atoms with E-state index in [1.54, 1.807) is 28.9 Å². The molecule has 1 amide bonds.